The standard InChI is InChI=1S/C23H18ClNO3.C14H10BrNO/c1-28-23(27)21-13-18(24)9-8-16(21)11-15-7-10-20-17(12-15)14-25(22(20)26)19-5-3-2-4-6-19;15-11-6-7-13-10(8-11)9-16(14(13)17)12-4-2-1-3-5-12/h2-10,12-13H,11,14H2,1H3;1-8H,9H2. The molecule has 0 N–H and O–H groups in total. The molecule has 2 amide bonds. The van der Waals surface area contributed by atoms with Gasteiger partial charge in [0.1, 0.15) is 0 Å². The summed E-state index contributed by atoms with van der Waals surface area (Å²) in [5.41, 5.74) is 7.73. The Balaban J connectivity index is 0.000000179. The number of methoxy groups -OCH3 is 1. The van der Waals surface area contributed by atoms with E-state index in [1.54, 1.807) is 21.9 Å². The van der Waals surface area contributed by atoms with Crippen LogP contribution in [-0.2, 0) is 24.2 Å². The molecule has 45 heavy (non-hydrogen) atoms. The number of carbonyl (C=O) groups excluding carboxylic acids is 3. The van der Waals surface area contributed by atoms with Crippen molar-refractivity contribution in [3.63, 3.8) is 0 Å². The lowest BCUT2D eigenvalue weighted by molar-refractivity contribution is 0.0599. The van der Waals surface area contributed by atoms with Gasteiger partial charge in [-0.3, -0.25) is 9.59 Å². The van der Waals surface area contributed by atoms with Crippen molar-refractivity contribution in [1.29, 1.82) is 0 Å². The summed E-state index contributed by atoms with van der Waals surface area (Å²) < 4.78 is 5.88. The predicted molar refractivity (Wildman–Crippen MR) is 180 cm³/mol. The van der Waals surface area contributed by atoms with Gasteiger partial charge in [-0.25, -0.2) is 4.79 Å². The molecular formula is C37H28BrClN2O4. The maximum absolute atomic E-state index is 12.7. The third-order valence-electron chi connectivity index (χ3n) is 7.85. The smallest absolute Gasteiger partial charge is 0.338 e. The van der Waals surface area contributed by atoms with Crippen LogP contribution in [0.2, 0.25) is 5.02 Å². The minimum absolute atomic E-state index is 0.00879. The molecular weight excluding hydrogens is 652 g/mol. The Labute approximate surface area is 274 Å². The minimum Gasteiger partial charge on any atom is -0.465 e. The zero-order chi connectivity index (χ0) is 31.5. The summed E-state index contributed by atoms with van der Waals surface area (Å²) >= 11 is 9.47. The van der Waals surface area contributed by atoms with E-state index in [-0.39, 0.29) is 11.8 Å². The summed E-state index contributed by atoms with van der Waals surface area (Å²) in [6.45, 7) is 1.19. The fourth-order valence-corrected chi connectivity index (χ4v) is 6.21. The van der Waals surface area contributed by atoms with Crippen molar-refractivity contribution in [3.8, 4) is 0 Å². The molecule has 0 unspecified atom stereocenters. The van der Waals surface area contributed by atoms with E-state index in [0.717, 1.165) is 49.2 Å². The van der Waals surface area contributed by atoms with Crippen LogP contribution in [0.4, 0.5) is 11.4 Å². The molecule has 6 nitrogen and oxygen atoms in total. The van der Waals surface area contributed by atoms with E-state index in [9.17, 15) is 14.4 Å². The van der Waals surface area contributed by atoms with Crippen molar-refractivity contribution in [2.45, 2.75) is 19.5 Å². The van der Waals surface area contributed by atoms with Gasteiger partial charge >= 0.3 is 5.97 Å². The first-order chi connectivity index (χ1) is 21.8. The highest BCUT2D eigenvalue weighted by Gasteiger charge is 2.29. The number of para-hydroxylation sites is 2. The average molecular weight is 680 g/mol. The van der Waals surface area contributed by atoms with E-state index in [2.05, 4.69) is 15.9 Å². The maximum Gasteiger partial charge on any atom is 0.338 e. The van der Waals surface area contributed by atoms with E-state index >= 15 is 0 Å². The number of nitrogens with zero attached hydrogens (tertiary/aromatic N) is 2. The molecule has 224 valence electrons. The second-order valence-corrected chi connectivity index (χ2v) is 12.1. The van der Waals surface area contributed by atoms with Gasteiger partial charge in [0, 0.05) is 32.0 Å². The lowest BCUT2D eigenvalue weighted by Crippen LogP contribution is -2.22. The van der Waals surface area contributed by atoms with Gasteiger partial charge in [0.15, 0.2) is 0 Å². The first-order valence-electron chi connectivity index (χ1n) is 14.3. The van der Waals surface area contributed by atoms with Gasteiger partial charge in [-0.1, -0.05) is 82.1 Å². The van der Waals surface area contributed by atoms with Crippen molar-refractivity contribution >= 4 is 56.7 Å². The van der Waals surface area contributed by atoms with Crippen molar-refractivity contribution < 1.29 is 19.1 Å². The van der Waals surface area contributed by atoms with Gasteiger partial charge in [-0.05, 0) is 89.3 Å². The number of anilines is 2. The molecule has 2 heterocycles. The quantitative estimate of drug-likeness (QED) is 0.175. The van der Waals surface area contributed by atoms with Crippen molar-refractivity contribution in [2.24, 2.45) is 0 Å². The molecule has 0 saturated carbocycles. The van der Waals surface area contributed by atoms with E-state index in [1.165, 1.54) is 7.11 Å². The molecule has 0 aromatic heterocycles. The molecule has 0 radical (unpaired) electrons. The third-order valence-corrected chi connectivity index (χ3v) is 8.58. The maximum atomic E-state index is 12.7. The van der Waals surface area contributed by atoms with E-state index in [4.69, 9.17) is 16.3 Å². The Morgan fingerprint density at radius 1 is 0.733 bits per heavy atom. The highest BCUT2D eigenvalue weighted by molar-refractivity contribution is 9.10. The second kappa shape index (κ2) is 13.1. The van der Waals surface area contributed by atoms with Crippen LogP contribution in [0.15, 0.2) is 120 Å². The Kier molecular flexibility index (Phi) is 8.83. The third kappa shape index (κ3) is 6.41. The molecule has 2 aliphatic rings. The highest BCUT2D eigenvalue weighted by atomic mass is 79.9. The number of hydrogen-bond acceptors (Lipinski definition) is 4. The monoisotopic (exact) mass is 678 g/mol. The zero-order valence-corrected chi connectivity index (χ0v) is 26.7. The minimum atomic E-state index is -0.413. The SMILES string of the molecule is COC(=O)c1cc(Cl)ccc1Cc1ccc2c(c1)CN(c1ccccc1)C2=O.O=C1c2ccc(Br)cc2CN1c1ccccc1. The van der Waals surface area contributed by atoms with E-state index < -0.39 is 5.97 Å². The van der Waals surface area contributed by atoms with Gasteiger partial charge in [0.2, 0.25) is 0 Å². The Morgan fingerprint density at radius 3 is 1.87 bits per heavy atom. The molecule has 0 aliphatic carbocycles. The van der Waals surface area contributed by atoms with Gasteiger partial charge in [-0.15, -0.1) is 0 Å². The summed E-state index contributed by atoms with van der Waals surface area (Å²) in [5, 5.41) is 0.488. The number of ether oxygens (including phenoxy) is 1. The van der Waals surface area contributed by atoms with Crippen LogP contribution in [-0.4, -0.2) is 24.9 Å². The Morgan fingerprint density at radius 2 is 1.29 bits per heavy atom. The lowest BCUT2D eigenvalue weighted by Gasteiger charge is -2.15. The van der Waals surface area contributed by atoms with Crippen LogP contribution in [0.5, 0.6) is 0 Å². The molecule has 0 spiro atoms. The van der Waals surface area contributed by atoms with Crippen LogP contribution in [0, 0.1) is 0 Å². The summed E-state index contributed by atoms with van der Waals surface area (Å²) in [7, 11) is 1.35. The number of hydrogen-bond donors (Lipinski definition) is 0. The molecule has 0 saturated heterocycles. The van der Waals surface area contributed by atoms with Crippen LogP contribution in [0.25, 0.3) is 0 Å². The summed E-state index contributed by atoms with van der Waals surface area (Å²) in [6, 6.07) is 36.2. The molecule has 7 rings (SSSR count). The number of halogens is 2. The number of rotatable bonds is 5. The van der Waals surface area contributed by atoms with Gasteiger partial charge in [0.25, 0.3) is 11.8 Å². The van der Waals surface area contributed by atoms with Crippen molar-refractivity contribution in [3.05, 3.63) is 164 Å². The van der Waals surface area contributed by atoms with Crippen LogP contribution in [0.1, 0.15) is 53.3 Å². The van der Waals surface area contributed by atoms with Gasteiger partial charge in [0.05, 0.1) is 25.8 Å². The number of amides is 2. The molecule has 0 atom stereocenters. The van der Waals surface area contributed by atoms with Crippen LogP contribution in [0.3, 0.4) is 0 Å². The molecule has 0 bridgehead atoms. The Bertz CT molecular complexity index is 1910. The van der Waals surface area contributed by atoms with E-state index in [1.807, 2.05) is 103 Å². The average Bonchev–Trinajstić information content (AvgIpc) is 3.57. The zero-order valence-electron chi connectivity index (χ0n) is 24.4. The molecule has 0 fully saturated rings. The summed E-state index contributed by atoms with van der Waals surface area (Å²) in [6.07, 6.45) is 0.550. The van der Waals surface area contributed by atoms with Crippen molar-refractivity contribution in [1.82, 2.24) is 0 Å². The normalized spacial score (nSPS) is 13.2. The van der Waals surface area contributed by atoms with Gasteiger partial charge in [-0.2, -0.15) is 0 Å². The summed E-state index contributed by atoms with van der Waals surface area (Å²) in [4.78, 5) is 40.6. The van der Waals surface area contributed by atoms with Crippen molar-refractivity contribution in [2.75, 3.05) is 16.9 Å². The van der Waals surface area contributed by atoms with Crippen LogP contribution >= 0.6 is 27.5 Å². The largest absolute Gasteiger partial charge is 0.465 e. The van der Waals surface area contributed by atoms with Crippen LogP contribution < -0.4 is 9.80 Å². The summed E-state index contributed by atoms with van der Waals surface area (Å²) in [5.74, 6) is -0.322. The first kappa shape index (κ1) is 30.3. The molecule has 5 aromatic rings. The van der Waals surface area contributed by atoms with Gasteiger partial charge < -0.3 is 14.5 Å². The fourth-order valence-electron chi connectivity index (χ4n) is 5.63. The Hall–Kier alpha value is -4.72. The number of fused-ring (bicyclic) bond motifs is 2. The second-order valence-electron chi connectivity index (χ2n) is 10.7. The molecule has 2 aliphatic heterocycles. The molecule has 8 heteroatoms. The molecule has 5 aromatic carbocycles. The lowest BCUT2D eigenvalue weighted by atomic mass is 9.97. The fraction of sp³-hybridized carbons (Fsp3) is 0.108. The highest BCUT2D eigenvalue weighted by Crippen LogP contribution is 2.31. The number of benzene rings is 5. The number of esters is 1. The topological polar surface area (TPSA) is 66.9 Å². The van der Waals surface area contributed by atoms with E-state index in [0.29, 0.717) is 30.1 Å². The number of carbonyl (C=O) groups is 3. The predicted octanol–water partition coefficient (Wildman–Crippen LogP) is 8.49. The first-order valence-corrected chi connectivity index (χ1v) is 15.5.